The molecule has 0 amide bonds. The van der Waals surface area contributed by atoms with Crippen LogP contribution in [0.2, 0.25) is 0 Å². The zero-order valence-electron chi connectivity index (χ0n) is 17.6. The van der Waals surface area contributed by atoms with E-state index >= 15 is 0 Å². The van der Waals surface area contributed by atoms with Crippen molar-refractivity contribution in [3.63, 3.8) is 0 Å². The van der Waals surface area contributed by atoms with Crippen molar-refractivity contribution in [1.29, 1.82) is 0 Å². The van der Waals surface area contributed by atoms with Crippen molar-refractivity contribution in [3.8, 4) is 0 Å². The number of hydrogen-bond donors (Lipinski definition) is 6. The number of aromatic nitrogens is 2. The minimum Gasteiger partial charge on any atom is -0.756 e. The topological polar surface area (TPSA) is 282 Å². The summed E-state index contributed by atoms with van der Waals surface area (Å²) in [6, 6.07) is 0.923. The number of nitrogens with one attached hydrogen (secondary N) is 1. The van der Waals surface area contributed by atoms with Gasteiger partial charge < -0.3 is 49.3 Å². The van der Waals surface area contributed by atoms with Crippen LogP contribution >= 0.6 is 15.6 Å². The van der Waals surface area contributed by atoms with Crippen molar-refractivity contribution in [2.45, 2.75) is 62.2 Å². The van der Waals surface area contributed by atoms with E-state index in [0.29, 0.717) is 4.57 Å². The molecule has 0 aromatic carbocycles. The van der Waals surface area contributed by atoms with Gasteiger partial charge in [-0.3, -0.25) is 28.0 Å². The van der Waals surface area contributed by atoms with E-state index in [0.717, 1.165) is 12.3 Å². The molecule has 1 aromatic rings. The van der Waals surface area contributed by atoms with Crippen LogP contribution in [0, 0.1) is 0 Å². The third-order valence-electron chi connectivity index (χ3n) is 5.10. The van der Waals surface area contributed by atoms with Crippen molar-refractivity contribution >= 4 is 15.6 Å². The molecule has 20 heteroatoms. The van der Waals surface area contributed by atoms with Crippen LogP contribution in [-0.4, -0.2) is 90.7 Å². The Bertz CT molecular complexity index is 1110. The molecule has 1 aromatic heterocycles. The molecule has 3 rings (SSSR count). The maximum Gasteiger partial charge on any atom is 0.330 e. The highest BCUT2D eigenvalue weighted by atomic mass is 31.3. The summed E-state index contributed by atoms with van der Waals surface area (Å²) >= 11 is 0. The molecule has 0 radical (unpaired) electrons. The van der Waals surface area contributed by atoms with Crippen molar-refractivity contribution in [1.82, 2.24) is 9.55 Å². The molecule has 7 unspecified atom stereocenters. The van der Waals surface area contributed by atoms with Crippen LogP contribution in [0.15, 0.2) is 21.9 Å². The van der Waals surface area contributed by atoms with Gasteiger partial charge in [-0.25, -0.2) is 9.11 Å². The van der Waals surface area contributed by atoms with E-state index in [2.05, 4.69) is 13.4 Å². The summed E-state index contributed by atoms with van der Waals surface area (Å²) in [6.07, 6.45) is -14.7. The number of aromatic amines is 1. The largest absolute Gasteiger partial charge is 0.756 e. The lowest BCUT2D eigenvalue weighted by molar-refractivity contribution is -0.299. The molecule has 2 aliphatic heterocycles. The summed E-state index contributed by atoms with van der Waals surface area (Å²) in [5.41, 5.74) is -1.75. The molecular weight excluding hydrogens is 526 g/mol. The number of aliphatic hydroxyl groups is 5. The molecule has 2 aliphatic rings. The first-order valence-electron chi connectivity index (χ1n) is 9.81. The van der Waals surface area contributed by atoms with Gasteiger partial charge in [-0.1, -0.05) is 0 Å². The van der Waals surface area contributed by atoms with Gasteiger partial charge in [-0.15, -0.1) is 0 Å². The fourth-order valence-corrected chi connectivity index (χ4v) is 5.36. The summed E-state index contributed by atoms with van der Waals surface area (Å²) in [5, 5.41) is 49.2. The van der Waals surface area contributed by atoms with E-state index in [9.17, 15) is 54.0 Å². The second-order valence-electron chi connectivity index (χ2n) is 7.62. The summed E-state index contributed by atoms with van der Waals surface area (Å²) < 4.78 is 47.3. The summed E-state index contributed by atoms with van der Waals surface area (Å²) in [5.74, 6) is 0. The van der Waals surface area contributed by atoms with E-state index in [1.165, 1.54) is 6.92 Å². The Labute approximate surface area is 195 Å². The smallest absolute Gasteiger partial charge is 0.330 e. The minimum absolute atomic E-state index is 0.712. The lowest BCUT2D eigenvalue weighted by Crippen LogP contribution is -2.57. The van der Waals surface area contributed by atoms with Gasteiger partial charge in [0, 0.05) is 12.3 Å². The van der Waals surface area contributed by atoms with Gasteiger partial charge in [0.25, 0.3) is 21.2 Å². The number of hydrogen-bond acceptors (Lipinski definition) is 16. The van der Waals surface area contributed by atoms with Gasteiger partial charge in [0.05, 0.1) is 12.7 Å². The fraction of sp³-hybridized carbons (Fsp3) is 0.733. The predicted octanol–water partition coefficient (Wildman–Crippen LogP) is -5.03. The normalized spacial score (nSPS) is 39.1. The minimum atomic E-state index is -5.81. The Hall–Kier alpha value is -1.34. The number of phosphoric acid groups is 2. The van der Waals surface area contributed by atoms with Crippen LogP contribution in [0.3, 0.4) is 0 Å². The molecule has 2 saturated heterocycles. The summed E-state index contributed by atoms with van der Waals surface area (Å²) in [4.78, 5) is 48.9. The number of aliphatic hydroxyl groups excluding tert-OH is 5. The highest BCUT2D eigenvalue weighted by Crippen LogP contribution is 2.57. The zero-order valence-corrected chi connectivity index (χ0v) is 19.4. The second-order valence-corrected chi connectivity index (χ2v) is 10.5. The molecule has 200 valence electrons. The molecule has 0 bridgehead atoms. The number of nitrogens with zero attached hydrogens (tertiary/aromatic N) is 1. The third-order valence-corrected chi connectivity index (χ3v) is 7.63. The second kappa shape index (κ2) is 10.6. The molecule has 0 aliphatic carbocycles. The van der Waals surface area contributed by atoms with Gasteiger partial charge in [0.15, 0.2) is 12.5 Å². The summed E-state index contributed by atoms with van der Waals surface area (Å²) in [6.45, 7) is 0.127. The van der Waals surface area contributed by atoms with Gasteiger partial charge in [-0.2, -0.15) is 0 Å². The standard InChI is InChI=1S/C15H24N2O16P2/c1-5-8(19)10(21)12(23)14(30-5)32-35(27,28)33-34(25,26)29-4-6-9(20)11(22)13(31-6)17-3-2-7(18)16-15(17)24/h2-3,5-6,8-14,19-23H,4H2,1H3,(H,25,26)(H,27,28)(H,16,18,24)/p-2/t5?,6-,8?,9-,10?,11-,12?,13-,14?/m1/s1. The van der Waals surface area contributed by atoms with Crippen molar-refractivity contribution < 1.29 is 67.3 Å². The van der Waals surface area contributed by atoms with Gasteiger partial charge in [-0.05, 0) is 6.92 Å². The fourth-order valence-electron chi connectivity index (χ4n) is 3.28. The maximum atomic E-state index is 12.0. The molecule has 11 atom stereocenters. The highest BCUT2D eigenvalue weighted by molar-refractivity contribution is 7.59. The molecule has 6 N–H and O–H groups in total. The molecule has 0 spiro atoms. The van der Waals surface area contributed by atoms with Crippen LogP contribution in [0.1, 0.15) is 13.2 Å². The predicted molar refractivity (Wildman–Crippen MR) is 103 cm³/mol. The summed E-state index contributed by atoms with van der Waals surface area (Å²) in [7, 11) is -11.6. The number of rotatable bonds is 8. The Kier molecular flexibility index (Phi) is 8.52. The molecule has 3 heterocycles. The van der Waals surface area contributed by atoms with E-state index in [-0.39, 0.29) is 0 Å². The molecular formula is C15H22N2O16P2-2. The van der Waals surface area contributed by atoms with Crippen molar-refractivity contribution in [3.05, 3.63) is 33.1 Å². The Morgan fingerprint density at radius 2 is 1.66 bits per heavy atom. The number of phosphoric ester groups is 2. The van der Waals surface area contributed by atoms with E-state index < -0.39 is 88.7 Å². The quantitative estimate of drug-likeness (QED) is 0.166. The molecule has 18 nitrogen and oxygen atoms in total. The average molecular weight is 548 g/mol. The lowest BCUT2D eigenvalue weighted by Gasteiger charge is -2.41. The van der Waals surface area contributed by atoms with Crippen LogP contribution in [0.5, 0.6) is 0 Å². The van der Waals surface area contributed by atoms with Gasteiger partial charge >= 0.3 is 5.69 Å². The van der Waals surface area contributed by atoms with E-state index in [1.807, 2.05) is 4.98 Å². The third kappa shape index (κ3) is 6.51. The highest BCUT2D eigenvalue weighted by Gasteiger charge is 2.46. The van der Waals surface area contributed by atoms with Crippen LogP contribution in [0.4, 0.5) is 0 Å². The van der Waals surface area contributed by atoms with Gasteiger partial charge in [0.2, 0.25) is 0 Å². The molecule has 0 saturated carbocycles. The molecule has 2 fully saturated rings. The lowest BCUT2D eigenvalue weighted by atomic mass is 10.0. The first-order valence-corrected chi connectivity index (χ1v) is 12.7. The zero-order chi connectivity index (χ0) is 26.3. The van der Waals surface area contributed by atoms with Gasteiger partial charge in [0.1, 0.15) is 36.6 Å². The van der Waals surface area contributed by atoms with Crippen molar-refractivity contribution in [2.24, 2.45) is 0 Å². The number of ether oxygens (including phenoxy) is 2. The van der Waals surface area contributed by atoms with E-state index in [1.54, 1.807) is 0 Å². The SMILES string of the molecule is CC1OC(OP(=O)([O-])OP(=O)([O-])OC[C@H]2O[C@@H](n3ccc(=O)[nH]c3=O)[C@H](O)[C@@H]2O)C(O)C(O)C1O. The first-order chi connectivity index (χ1) is 16.1. The molecule has 35 heavy (non-hydrogen) atoms. The van der Waals surface area contributed by atoms with Crippen molar-refractivity contribution in [2.75, 3.05) is 6.61 Å². The Morgan fingerprint density at radius 3 is 2.29 bits per heavy atom. The first kappa shape index (κ1) is 28.2. The van der Waals surface area contributed by atoms with Crippen LogP contribution in [0.25, 0.3) is 0 Å². The Balaban J connectivity index is 1.61. The average Bonchev–Trinajstić information content (AvgIpc) is 3.02. The maximum absolute atomic E-state index is 12.0. The number of H-pyrrole nitrogens is 1. The van der Waals surface area contributed by atoms with Crippen LogP contribution in [-0.2, 0) is 32.0 Å². The van der Waals surface area contributed by atoms with Crippen LogP contribution < -0.4 is 21.0 Å². The monoisotopic (exact) mass is 548 g/mol. The van der Waals surface area contributed by atoms with E-state index in [4.69, 9.17) is 9.47 Å². The Morgan fingerprint density at radius 1 is 1.00 bits per heavy atom.